The Kier molecular flexibility index (Phi) is 4.94. The third-order valence-electron chi connectivity index (χ3n) is 3.19. The minimum Gasteiger partial charge on any atom is -0.481 e. The van der Waals surface area contributed by atoms with E-state index in [1.165, 1.54) is 0 Å². The molecule has 5 heteroatoms. The number of carboxylic acids is 1. The van der Waals surface area contributed by atoms with Crippen LogP contribution in [0.1, 0.15) is 48.5 Å². The second kappa shape index (κ2) is 5.26. The summed E-state index contributed by atoms with van der Waals surface area (Å²) in [5, 5.41) is 11.9. The number of hydrogen-bond acceptors (Lipinski definition) is 3. The normalized spacial score (nSPS) is 13.3. The molecule has 0 saturated carbocycles. The molecule has 1 amide bonds. The molecule has 0 aliphatic heterocycles. The third kappa shape index (κ3) is 4.64. The first kappa shape index (κ1) is 16.9. The average Bonchev–Trinajstić information content (AvgIpc) is 2.12. The molecule has 106 valence electrons. The van der Waals surface area contributed by atoms with Gasteiger partial charge in [-0.25, -0.2) is 0 Å². The van der Waals surface area contributed by atoms with Crippen LogP contribution in [0.5, 0.6) is 0 Å². The summed E-state index contributed by atoms with van der Waals surface area (Å²) in [6, 6.07) is 0. The van der Waals surface area contributed by atoms with Crippen molar-refractivity contribution in [1.82, 2.24) is 5.32 Å². The van der Waals surface area contributed by atoms with E-state index in [0.717, 1.165) is 0 Å². The number of amides is 1. The number of hydrogen-bond donors (Lipinski definition) is 2. The van der Waals surface area contributed by atoms with Gasteiger partial charge >= 0.3 is 5.97 Å². The molecule has 0 heterocycles. The predicted octanol–water partition coefficient (Wildman–Crippen LogP) is 1.81. The number of carbonyl (C=O) groups is 2. The van der Waals surface area contributed by atoms with Crippen LogP contribution >= 0.6 is 0 Å². The van der Waals surface area contributed by atoms with E-state index in [1.807, 2.05) is 20.8 Å². The lowest BCUT2D eigenvalue weighted by atomic mass is 9.74. The van der Waals surface area contributed by atoms with E-state index < -0.39 is 22.5 Å². The molecule has 0 fully saturated rings. The highest BCUT2D eigenvalue weighted by atomic mass is 16.5. The molecule has 18 heavy (non-hydrogen) atoms. The van der Waals surface area contributed by atoms with Crippen molar-refractivity contribution in [3.05, 3.63) is 0 Å². The van der Waals surface area contributed by atoms with Gasteiger partial charge in [-0.15, -0.1) is 0 Å². The topological polar surface area (TPSA) is 75.6 Å². The van der Waals surface area contributed by atoms with Gasteiger partial charge in [-0.2, -0.15) is 0 Å². The maximum absolute atomic E-state index is 11.7. The SMILES string of the molecule is CC(C)(C)OCC(=O)NC(C)(C)C(C)(C)C(=O)O. The highest BCUT2D eigenvalue weighted by Gasteiger charge is 2.44. The van der Waals surface area contributed by atoms with Crippen LogP contribution in [-0.4, -0.2) is 34.7 Å². The van der Waals surface area contributed by atoms with Gasteiger partial charge in [-0.3, -0.25) is 9.59 Å². The minimum atomic E-state index is -1.07. The van der Waals surface area contributed by atoms with Crippen LogP contribution in [0, 0.1) is 5.41 Å². The van der Waals surface area contributed by atoms with Crippen LogP contribution in [0.25, 0.3) is 0 Å². The monoisotopic (exact) mass is 259 g/mol. The lowest BCUT2D eigenvalue weighted by Crippen LogP contribution is -2.57. The molecule has 0 aromatic heterocycles. The standard InChI is InChI=1S/C13H25NO4/c1-11(2,3)18-8-9(15)14-13(6,7)12(4,5)10(16)17/h8H2,1-7H3,(H,14,15)(H,16,17). The van der Waals surface area contributed by atoms with Gasteiger partial charge in [0.15, 0.2) is 0 Å². The van der Waals surface area contributed by atoms with Crippen molar-refractivity contribution >= 4 is 11.9 Å². The van der Waals surface area contributed by atoms with E-state index >= 15 is 0 Å². The highest BCUT2D eigenvalue weighted by molar-refractivity contribution is 5.81. The number of nitrogens with one attached hydrogen (secondary N) is 1. The maximum Gasteiger partial charge on any atom is 0.311 e. The first-order valence-corrected chi connectivity index (χ1v) is 5.98. The molecule has 0 radical (unpaired) electrons. The molecule has 0 aromatic rings. The second-order valence-electron chi connectivity index (χ2n) is 6.50. The molecule has 0 unspecified atom stereocenters. The molecule has 0 rings (SSSR count). The molecule has 0 atom stereocenters. The molecule has 0 spiro atoms. The number of ether oxygens (including phenoxy) is 1. The Morgan fingerprint density at radius 3 is 1.83 bits per heavy atom. The summed E-state index contributed by atoms with van der Waals surface area (Å²) in [5.74, 6) is -1.27. The van der Waals surface area contributed by atoms with Crippen molar-refractivity contribution in [2.45, 2.75) is 59.6 Å². The van der Waals surface area contributed by atoms with Crippen molar-refractivity contribution in [3.8, 4) is 0 Å². The van der Waals surface area contributed by atoms with Crippen molar-refractivity contribution < 1.29 is 19.4 Å². The van der Waals surface area contributed by atoms with Gasteiger partial charge < -0.3 is 15.2 Å². The van der Waals surface area contributed by atoms with Gasteiger partial charge in [0.25, 0.3) is 0 Å². The Labute approximate surface area is 109 Å². The fraction of sp³-hybridized carbons (Fsp3) is 0.846. The van der Waals surface area contributed by atoms with Gasteiger partial charge in [-0.1, -0.05) is 0 Å². The molecule has 2 N–H and O–H groups in total. The molecule has 0 saturated heterocycles. The Balaban J connectivity index is 4.60. The van der Waals surface area contributed by atoms with E-state index in [1.54, 1.807) is 27.7 Å². The number of rotatable bonds is 5. The lowest BCUT2D eigenvalue weighted by Gasteiger charge is -2.39. The zero-order valence-corrected chi connectivity index (χ0v) is 12.4. The summed E-state index contributed by atoms with van der Waals surface area (Å²) in [7, 11) is 0. The van der Waals surface area contributed by atoms with E-state index in [-0.39, 0.29) is 12.5 Å². The van der Waals surface area contributed by atoms with Crippen LogP contribution in [0.3, 0.4) is 0 Å². The van der Waals surface area contributed by atoms with Gasteiger partial charge in [0, 0.05) is 0 Å². The van der Waals surface area contributed by atoms with E-state index in [4.69, 9.17) is 9.84 Å². The van der Waals surface area contributed by atoms with Crippen molar-refractivity contribution in [3.63, 3.8) is 0 Å². The van der Waals surface area contributed by atoms with Crippen LogP contribution < -0.4 is 5.32 Å². The third-order valence-corrected chi connectivity index (χ3v) is 3.19. The van der Waals surface area contributed by atoms with Crippen LogP contribution in [0.4, 0.5) is 0 Å². The molecular weight excluding hydrogens is 234 g/mol. The number of carbonyl (C=O) groups excluding carboxylic acids is 1. The molecule has 0 aromatic carbocycles. The highest BCUT2D eigenvalue weighted by Crippen LogP contribution is 2.30. The summed E-state index contributed by atoms with van der Waals surface area (Å²) in [6.45, 7) is 12.0. The molecular formula is C13H25NO4. The minimum absolute atomic E-state index is 0.0807. The van der Waals surface area contributed by atoms with Crippen molar-refractivity contribution in [2.24, 2.45) is 5.41 Å². The second-order valence-corrected chi connectivity index (χ2v) is 6.50. The van der Waals surface area contributed by atoms with Gasteiger partial charge in [0.1, 0.15) is 6.61 Å². The molecule has 0 aliphatic carbocycles. The largest absolute Gasteiger partial charge is 0.481 e. The summed E-state index contributed by atoms with van der Waals surface area (Å²) in [5.41, 5.74) is -2.33. The summed E-state index contributed by atoms with van der Waals surface area (Å²) >= 11 is 0. The molecule has 0 bridgehead atoms. The number of carboxylic acid groups (broad SMARTS) is 1. The molecule has 0 aliphatic rings. The lowest BCUT2D eigenvalue weighted by molar-refractivity contribution is -0.152. The average molecular weight is 259 g/mol. The first-order valence-electron chi connectivity index (χ1n) is 5.98. The van der Waals surface area contributed by atoms with Crippen LogP contribution in [0.2, 0.25) is 0 Å². The van der Waals surface area contributed by atoms with E-state index in [2.05, 4.69) is 5.32 Å². The fourth-order valence-electron chi connectivity index (χ4n) is 1.09. The zero-order valence-electron chi connectivity index (χ0n) is 12.4. The Morgan fingerprint density at radius 2 is 1.50 bits per heavy atom. The smallest absolute Gasteiger partial charge is 0.311 e. The van der Waals surface area contributed by atoms with Crippen molar-refractivity contribution in [1.29, 1.82) is 0 Å². The van der Waals surface area contributed by atoms with Crippen molar-refractivity contribution in [2.75, 3.05) is 6.61 Å². The summed E-state index contributed by atoms with van der Waals surface area (Å²) in [6.07, 6.45) is 0. The maximum atomic E-state index is 11.7. The van der Waals surface area contributed by atoms with Gasteiger partial charge in [0.2, 0.25) is 5.91 Å². The Bertz CT molecular complexity index is 326. The van der Waals surface area contributed by atoms with Crippen LogP contribution in [0.15, 0.2) is 0 Å². The predicted molar refractivity (Wildman–Crippen MR) is 69.3 cm³/mol. The van der Waals surface area contributed by atoms with Gasteiger partial charge in [0.05, 0.1) is 16.6 Å². The summed E-state index contributed by atoms with van der Waals surface area (Å²) < 4.78 is 5.35. The molecule has 5 nitrogen and oxygen atoms in total. The van der Waals surface area contributed by atoms with E-state index in [9.17, 15) is 9.59 Å². The Morgan fingerprint density at radius 1 is 1.06 bits per heavy atom. The zero-order chi connectivity index (χ0) is 14.8. The Hall–Kier alpha value is -1.10. The van der Waals surface area contributed by atoms with E-state index in [0.29, 0.717) is 0 Å². The fourth-order valence-corrected chi connectivity index (χ4v) is 1.09. The first-order chi connectivity index (χ1) is 7.79. The quantitative estimate of drug-likeness (QED) is 0.789. The summed E-state index contributed by atoms with van der Waals surface area (Å²) in [4.78, 5) is 22.9. The van der Waals surface area contributed by atoms with Crippen LogP contribution in [-0.2, 0) is 14.3 Å². The van der Waals surface area contributed by atoms with Gasteiger partial charge in [-0.05, 0) is 48.5 Å². The number of aliphatic carboxylic acids is 1.